The third-order valence-electron chi connectivity index (χ3n) is 5.66. The molecule has 0 aliphatic heterocycles. The van der Waals surface area contributed by atoms with E-state index in [2.05, 4.69) is 47.0 Å². The molecule has 3 aromatic carbocycles. The molecule has 4 nitrogen and oxygen atoms in total. The summed E-state index contributed by atoms with van der Waals surface area (Å²) in [6, 6.07) is 25.8. The SMILES string of the molecule is Oc1ccc(-n2c(-c3ccccc3)cc3c2CCc2ccccc2-3)cc1C(O)O. The van der Waals surface area contributed by atoms with Gasteiger partial charge in [-0.1, -0.05) is 54.6 Å². The molecule has 1 aliphatic carbocycles. The summed E-state index contributed by atoms with van der Waals surface area (Å²) in [5.41, 5.74) is 7.98. The molecule has 1 aliphatic rings. The van der Waals surface area contributed by atoms with Crippen molar-refractivity contribution in [2.75, 3.05) is 0 Å². The molecule has 0 saturated heterocycles. The van der Waals surface area contributed by atoms with Crippen molar-refractivity contribution in [1.29, 1.82) is 0 Å². The van der Waals surface area contributed by atoms with Gasteiger partial charge in [0.25, 0.3) is 0 Å². The molecule has 0 spiro atoms. The lowest BCUT2D eigenvalue weighted by atomic mass is 9.90. The Bertz CT molecular complexity index is 1190. The summed E-state index contributed by atoms with van der Waals surface area (Å²) in [5.74, 6) is -0.128. The Morgan fingerprint density at radius 3 is 2.31 bits per heavy atom. The first-order valence-electron chi connectivity index (χ1n) is 9.71. The van der Waals surface area contributed by atoms with Crippen molar-refractivity contribution in [1.82, 2.24) is 4.57 Å². The zero-order valence-electron chi connectivity index (χ0n) is 15.8. The van der Waals surface area contributed by atoms with Crippen LogP contribution >= 0.6 is 0 Å². The Balaban J connectivity index is 1.80. The van der Waals surface area contributed by atoms with E-state index < -0.39 is 6.29 Å². The van der Waals surface area contributed by atoms with Gasteiger partial charge in [0.15, 0.2) is 6.29 Å². The second-order valence-electron chi connectivity index (χ2n) is 7.37. The van der Waals surface area contributed by atoms with E-state index in [-0.39, 0.29) is 11.3 Å². The molecular weight excluding hydrogens is 362 g/mol. The Kier molecular flexibility index (Phi) is 4.23. The first-order chi connectivity index (χ1) is 14.1. The lowest BCUT2D eigenvalue weighted by Gasteiger charge is -2.21. The number of aryl methyl sites for hydroxylation is 1. The number of phenolic OH excluding ortho intramolecular Hbond substituents is 1. The van der Waals surface area contributed by atoms with Crippen LogP contribution in [0.1, 0.15) is 23.1 Å². The average molecular weight is 383 g/mol. The van der Waals surface area contributed by atoms with E-state index in [1.807, 2.05) is 24.3 Å². The number of aromatic nitrogens is 1. The monoisotopic (exact) mass is 383 g/mol. The topological polar surface area (TPSA) is 65.6 Å². The molecule has 1 heterocycles. The maximum Gasteiger partial charge on any atom is 0.182 e. The average Bonchev–Trinajstić information content (AvgIpc) is 3.15. The fraction of sp³-hybridized carbons (Fsp3) is 0.120. The fourth-order valence-electron chi connectivity index (χ4n) is 4.29. The highest BCUT2D eigenvalue weighted by atomic mass is 16.5. The second kappa shape index (κ2) is 6.92. The normalized spacial score (nSPS) is 12.7. The Hall–Kier alpha value is -3.34. The van der Waals surface area contributed by atoms with Gasteiger partial charge in [0.05, 0.1) is 11.3 Å². The fourth-order valence-corrected chi connectivity index (χ4v) is 4.29. The van der Waals surface area contributed by atoms with Crippen molar-refractivity contribution in [2.24, 2.45) is 0 Å². The molecule has 0 bridgehead atoms. The highest BCUT2D eigenvalue weighted by Crippen LogP contribution is 2.41. The summed E-state index contributed by atoms with van der Waals surface area (Å²) >= 11 is 0. The van der Waals surface area contributed by atoms with Crippen LogP contribution in [0.4, 0.5) is 0 Å². The smallest absolute Gasteiger partial charge is 0.182 e. The van der Waals surface area contributed by atoms with Gasteiger partial charge >= 0.3 is 0 Å². The van der Waals surface area contributed by atoms with E-state index in [0.29, 0.717) is 0 Å². The lowest BCUT2D eigenvalue weighted by Crippen LogP contribution is -2.09. The molecule has 1 aromatic heterocycles. The summed E-state index contributed by atoms with van der Waals surface area (Å²) < 4.78 is 2.17. The predicted molar refractivity (Wildman–Crippen MR) is 113 cm³/mol. The lowest BCUT2D eigenvalue weighted by molar-refractivity contribution is -0.0438. The minimum Gasteiger partial charge on any atom is -0.507 e. The molecule has 0 fully saturated rings. The number of nitrogens with zero attached hydrogens (tertiary/aromatic N) is 1. The molecule has 0 atom stereocenters. The summed E-state index contributed by atoms with van der Waals surface area (Å²) in [7, 11) is 0. The van der Waals surface area contributed by atoms with E-state index in [1.165, 1.54) is 28.5 Å². The number of phenols is 1. The Labute approximate surface area is 168 Å². The third kappa shape index (κ3) is 2.94. The minimum absolute atomic E-state index is 0.0974. The van der Waals surface area contributed by atoms with Gasteiger partial charge in [0.2, 0.25) is 0 Å². The standard InChI is InChI=1S/C25H21NO3/c27-24-13-11-18(14-21(24)25(28)29)26-22-12-10-16-6-4-5-9-19(16)20(22)15-23(26)17-7-2-1-3-8-17/h1-9,11,13-15,25,27-29H,10,12H2. The van der Waals surface area contributed by atoms with Crippen LogP contribution in [0.3, 0.4) is 0 Å². The highest BCUT2D eigenvalue weighted by molar-refractivity contribution is 5.80. The molecule has 0 radical (unpaired) electrons. The summed E-state index contributed by atoms with van der Waals surface area (Å²) in [5, 5.41) is 29.4. The first-order valence-corrected chi connectivity index (χ1v) is 9.71. The van der Waals surface area contributed by atoms with E-state index in [4.69, 9.17) is 0 Å². The van der Waals surface area contributed by atoms with Gasteiger partial charge in [-0.2, -0.15) is 0 Å². The number of aromatic hydroxyl groups is 1. The van der Waals surface area contributed by atoms with Crippen molar-refractivity contribution in [2.45, 2.75) is 19.1 Å². The van der Waals surface area contributed by atoms with Gasteiger partial charge in [-0.3, -0.25) is 0 Å². The molecule has 29 heavy (non-hydrogen) atoms. The van der Waals surface area contributed by atoms with Crippen LogP contribution in [-0.4, -0.2) is 19.9 Å². The number of hydrogen-bond acceptors (Lipinski definition) is 3. The van der Waals surface area contributed by atoms with Crippen molar-refractivity contribution in [3.8, 4) is 33.8 Å². The van der Waals surface area contributed by atoms with Gasteiger partial charge in [0, 0.05) is 16.9 Å². The maximum absolute atomic E-state index is 10.0. The van der Waals surface area contributed by atoms with Crippen molar-refractivity contribution in [3.05, 3.63) is 95.7 Å². The maximum atomic E-state index is 10.0. The molecule has 5 rings (SSSR count). The van der Waals surface area contributed by atoms with E-state index in [0.717, 1.165) is 29.8 Å². The molecule has 3 N–H and O–H groups in total. The van der Waals surface area contributed by atoms with Crippen molar-refractivity contribution >= 4 is 0 Å². The largest absolute Gasteiger partial charge is 0.507 e. The molecule has 0 unspecified atom stereocenters. The van der Waals surface area contributed by atoms with Crippen LogP contribution in [0.5, 0.6) is 5.75 Å². The number of fused-ring (bicyclic) bond motifs is 3. The summed E-state index contributed by atoms with van der Waals surface area (Å²) in [4.78, 5) is 0. The second-order valence-corrected chi connectivity index (χ2v) is 7.37. The number of aliphatic hydroxyl groups is 2. The quantitative estimate of drug-likeness (QED) is 0.453. The molecule has 4 heteroatoms. The third-order valence-corrected chi connectivity index (χ3v) is 5.66. The molecule has 0 saturated carbocycles. The van der Waals surface area contributed by atoms with Gasteiger partial charge in [0.1, 0.15) is 5.75 Å². The van der Waals surface area contributed by atoms with Crippen LogP contribution in [0.15, 0.2) is 78.9 Å². The predicted octanol–water partition coefficient (Wildman–Crippen LogP) is 4.60. The number of hydrogen-bond donors (Lipinski definition) is 3. The highest BCUT2D eigenvalue weighted by Gasteiger charge is 2.24. The van der Waals surface area contributed by atoms with E-state index in [9.17, 15) is 15.3 Å². The van der Waals surface area contributed by atoms with Crippen LogP contribution in [0.25, 0.3) is 28.1 Å². The number of rotatable bonds is 3. The van der Waals surface area contributed by atoms with Crippen molar-refractivity contribution < 1.29 is 15.3 Å². The molecule has 0 amide bonds. The zero-order chi connectivity index (χ0) is 20.0. The van der Waals surface area contributed by atoms with Crippen molar-refractivity contribution in [3.63, 3.8) is 0 Å². The van der Waals surface area contributed by atoms with Crippen LogP contribution < -0.4 is 0 Å². The van der Waals surface area contributed by atoms with Gasteiger partial charge in [-0.25, -0.2) is 0 Å². The molecule has 144 valence electrons. The molecular formula is C25H21NO3. The summed E-state index contributed by atoms with van der Waals surface area (Å²) in [6.45, 7) is 0. The van der Waals surface area contributed by atoms with E-state index in [1.54, 1.807) is 6.07 Å². The first kappa shape index (κ1) is 17.7. The van der Waals surface area contributed by atoms with Gasteiger partial charge in [-0.15, -0.1) is 0 Å². The Morgan fingerprint density at radius 2 is 1.52 bits per heavy atom. The van der Waals surface area contributed by atoms with Gasteiger partial charge in [-0.05, 0) is 53.8 Å². The van der Waals surface area contributed by atoms with Crippen LogP contribution in [0.2, 0.25) is 0 Å². The zero-order valence-corrected chi connectivity index (χ0v) is 15.8. The minimum atomic E-state index is -1.73. The van der Waals surface area contributed by atoms with E-state index >= 15 is 0 Å². The van der Waals surface area contributed by atoms with Crippen LogP contribution in [-0.2, 0) is 12.8 Å². The number of aliphatic hydroxyl groups excluding tert-OH is 1. The Morgan fingerprint density at radius 1 is 0.759 bits per heavy atom. The molecule has 4 aromatic rings. The number of benzene rings is 3. The summed E-state index contributed by atoms with van der Waals surface area (Å²) in [6.07, 6.45) is 0.105. The van der Waals surface area contributed by atoms with Crippen LogP contribution in [0, 0.1) is 0 Å². The van der Waals surface area contributed by atoms with Gasteiger partial charge < -0.3 is 19.9 Å².